The largest absolute Gasteiger partial charge is 0.389 e. The van der Waals surface area contributed by atoms with Crippen molar-refractivity contribution in [3.63, 3.8) is 0 Å². The van der Waals surface area contributed by atoms with Crippen molar-refractivity contribution < 1.29 is 14.6 Å². The Labute approximate surface area is 126 Å². The van der Waals surface area contributed by atoms with Crippen molar-refractivity contribution in [3.05, 3.63) is 29.8 Å². The van der Waals surface area contributed by atoms with E-state index < -0.39 is 6.10 Å². The molecule has 2 atom stereocenters. The molecule has 1 aromatic rings. The Morgan fingerprint density at radius 3 is 2.95 bits per heavy atom. The van der Waals surface area contributed by atoms with Crippen LogP contribution in [0.3, 0.4) is 0 Å². The highest BCUT2D eigenvalue weighted by Crippen LogP contribution is 2.22. The molecule has 1 aliphatic rings. The molecule has 2 N–H and O–H groups in total. The zero-order valence-corrected chi connectivity index (χ0v) is 12.9. The first-order valence-electron chi connectivity index (χ1n) is 7.53. The number of methoxy groups -OCH3 is 1. The number of ether oxygens (including phenoxy) is 2. The van der Waals surface area contributed by atoms with Gasteiger partial charge in [-0.25, -0.2) is 0 Å². The van der Waals surface area contributed by atoms with Gasteiger partial charge in [0.1, 0.15) is 0 Å². The molecule has 5 heteroatoms. The van der Waals surface area contributed by atoms with Gasteiger partial charge in [0.05, 0.1) is 25.4 Å². The second kappa shape index (κ2) is 8.34. The van der Waals surface area contributed by atoms with E-state index in [9.17, 15) is 5.11 Å². The lowest BCUT2D eigenvalue weighted by molar-refractivity contribution is -0.0295. The Morgan fingerprint density at radius 2 is 2.14 bits per heavy atom. The molecule has 0 radical (unpaired) electrons. The molecule has 0 fully saturated rings. The van der Waals surface area contributed by atoms with E-state index in [2.05, 4.69) is 28.4 Å². The van der Waals surface area contributed by atoms with Gasteiger partial charge in [0, 0.05) is 39.0 Å². The maximum atomic E-state index is 10.2. The Bertz CT molecular complexity index is 428. The van der Waals surface area contributed by atoms with Gasteiger partial charge in [0.2, 0.25) is 0 Å². The summed E-state index contributed by atoms with van der Waals surface area (Å²) in [7, 11) is 1.65. The van der Waals surface area contributed by atoms with Crippen LogP contribution in [-0.4, -0.2) is 57.3 Å². The van der Waals surface area contributed by atoms with Crippen molar-refractivity contribution in [1.82, 2.24) is 5.32 Å². The highest BCUT2D eigenvalue weighted by Gasteiger charge is 2.18. The Balaban J connectivity index is 1.89. The van der Waals surface area contributed by atoms with Gasteiger partial charge in [-0.1, -0.05) is 18.2 Å². The third-order valence-electron chi connectivity index (χ3n) is 3.61. The second-order valence-corrected chi connectivity index (χ2v) is 5.50. The minimum Gasteiger partial charge on any atom is -0.389 e. The minimum absolute atomic E-state index is 0.00253. The number of aliphatic hydroxyl groups is 1. The molecule has 0 aliphatic carbocycles. The van der Waals surface area contributed by atoms with Gasteiger partial charge in [-0.3, -0.25) is 0 Å². The molecule has 0 spiro atoms. The van der Waals surface area contributed by atoms with Crippen molar-refractivity contribution in [3.8, 4) is 0 Å². The molecule has 0 aromatic heterocycles. The molecule has 0 saturated carbocycles. The maximum absolute atomic E-state index is 10.2. The highest BCUT2D eigenvalue weighted by molar-refractivity contribution is 5.54. The smallest absolute Gasteiger partial charge is 0.0948 e. The van der Waals surface area contributed by atoms with Gasteiger partial charge in [-0.15, -0.1) is 0 Å². The summed E-state index contributed by atoms with van der Waals surface area (Å²) in [5.74, 6) is 0. The van der Waals surface area contributed by atoms with Gasteiger partial charge in [-0.2, -0.15) is 0 Å². The second-order valence-electron chi connectivity index (χ2n) is 5.50. The third kappa shape index (κ3) is 4.97. The highest BCUT2D eigenvalue weighted by atomic mass is 16.5. The quantitative estimate of drug-likeness (QED) is 0.786. The number of hydrogen-bond acceptors (Lipinski definition) is 5. The van der Waals surface area contributed by atoms with Crippen molar-refractivity contribution in [1.29, 1.82) is 0 Å². The van der Waals surface area contributed by atoms with E-state index in [4.69, 9.17) is 9.47 Å². The molecule has 1 heterocycles. The molecule has 1 aliphatic heterocycles. The topological polar surface area (TPSA) is 54.0 Å². The lowest BCUT2D eigenvalue weighted by Gasteiger charge is -2.27. The number of nitrogens with zero attached hydrogens (tertiary/aromatic N) is 1. The van der Waals surface area contributed by atoms with E-state index in [-0.39, 0.29) is 6.10 Å². The number of rotatable bonds is 7. The summed E-state index contributed by atoms with van der Waals surface area (Å²) in [6, 6.07) is 8.34. The van der Waals surface area contributed by atoms with Crippen LogP contribution < -0.4 is 10.2 Å². The summed E-state index contributed by atoms with van der Waals surface area (Å²) in [5, 5.41) is 13.6. The number of para-hydroxylation sites is 1. The first-order chi connectivity index (χ1) is 10.2. The van der Waals surface area contributed by atoms with E-state index in [1.807, 2.05) is 13.0 Å². The number of aliphatic hydroxyl groups excluding tert-OH is 1. The number of anilines is 1. The Kier molecular flexibility index (Phi) is 6.45. The van der Waals surface area contributed by atoms with E-state index in [0.717, 1.165) is 19.6 Å². The van der Waals surface area contributed by atoms with Crippen molar-refractivity contribution in [2.75, 3.05) is 44.9 Å². The number of benzene rings is 1. The molecule has 0 bridgehead atoms. The lowest BCUT2D eigenvalue weighted by Crippen LogP contribution is -2.38. The monoisotopic (exact) mass is 294 g/mol. The van der Waals surface area contributed by atoms with Gasteiger partial charge in [0.15, 0.2) is 0 Å². The van der Waals surface area contributed by atoms with Crippen molar-refractivity contribution in [2.45, 2.75) is 25.7 Å². The summed E-state index contributed by atoms with van der Waals surface area (Å²) in [5.41, 5.74) is 2.47. The van der Waals surface area contributed by atoms with Crippen LogP contribution in [0.15, 0.2) is 24.3 Å². The fraction of sp³-hybridized carbons (Fsp3) is 0.625. The van der Waals surface area contributed by atoms with Crippen LogP contribution in [0.2, 0.25) is 0 Å². The average molecular weight is 294 g/mol. The van der Waals surface area contributed by atoms with Gasteiger partial charge >= 0.3 is 0 Å². The molecule has 0 amide bonds. The number of nitrogens with one attached hydrogen (secondary N) is 1. The summed E-state index contributed by atoms with van der Waals surface area (Å²) < 4.78 is 10.6. The van der Waals surface area contributed by atoms with Crippen LogP contribution in [-0.2, 0) is 16.0 Å². The van der Waals surface area contributed by atoms with Crippen LogP contribution >= 0.6 is 0 Å². The lowest BCUT2D eigenvalue weighted by atomic mass is 10.1. The summed E-state index contributed by atoms with van der Waals surface area (Å²) in [6.45, 7) is 6.09. The van der Waals surface area contributed by atoms with Crippen LogP contribution in [0, 0.1) is 0 Å². The van der Waals surface area contributed by atoms with Crippen LogP contribution in [0.1, 0.15) is 12.5 Å². The predicted octanol–water partition coefficient (Wildman–Crippen LogP) is 1.01. The van der Waals surface area contributed by atoms with Crippen LogP contribution in [0.4, 0.5) is 5.69 Å². The number of hydrogen-bond donors (Lipinski definition) is 2. The SMILES string of the molecule is COCC(C)OCC(O)CN1CCNCc2ccccc21. The van der Waals surface area contributed by atoms with Crippen LogP contribution in [0.25, 0.3) is 0 Å². The van der Waals surface area contributed by atoms with E-state index in [1.165, 1.54) is 11.3 Å². The van der Waals surface area contributed by atoms with Crippen LogP contribution in [0.5, 0.6) is 0 Å². The molecule has 21 heavy (non-hydrogen) atoms. The molecule has 2 unspecified atom stereocenters. The van der Waals surface area contributed by atoms with E-state index in [0.29, 0.717) is 19.8 Å². The summed E-state index contributed by atoms with van der Waals surface area (Å²) in [6.07, 6.45) is -0.502. The Hall–Kier alpha value is -1.14. The first kappa shape index (κ1) is 16.2. The zero-order chi connectivity index (χ0) is 15.1. The maximum Gasteiger partial charge on any atom is 0.0948 e. The molecule has 1 aromatic carbocycles. The molecule has 2 rings (SSSR count). The molecule has 0 saturated heterocycles. The fourth-order valence-corrected chi connectivity index (χ4v) is 2.58. The predicted molar refractivity (Wildman–Crippen MR) is 83.7 cm³/mol. The zero-order valence-electron chi connectivity index (χ0n) is 12.9. The van der Waals surface area contributed by atoms with Crippen molar-refractivity contribution >= 4 is 5.69 Å². The van der Waals surface area contributed by atoms with Gasteiger partial charge in [-0.05, 0) is 18.6 Å². The minimum atomic E-state index is -0.504. The van der Waals surface area contributed by atoms with Gasteiger partial charge in [0.25, 0.3) is 0 Å². The third-order valence-corrected chi connectivity index (χ3v) is 3.61. The summed E-state index contributed by atoms with van der Waals surface area (Å²) >= 11 is 0. The average Bonchev–Trinajstić information content (AvgIpc) is 2.68. The van der Waals surface area contributed by atoms with E-state index in [1.54, 1.807) is 7.11 Å². The summed E-state index contributed by atoms with van der Waals surface area (Å²) in [4.78, 5) is 2.23. The van der Waals surface area contributed by atoms with Crippen molar-refractivity contribution in [2.24, 2.45) is 0 Å². The normalized spacial score (nSPS) is 18.0. The fourth-order valence-electron chi connectivity index (χ4n) is 2.58. The number of fused-ring (bicyclic) bond motifs is 1. The number of β-amino-alcohol motifs (C(OH)–C–C–N with tert-alkyl or cyclic N) is 1. The standard InChI is InChI=1S/C16H26N2O3/c1-13(11-20-2)21-12-15(19)10-18-8-7-17-9-14-5-3-4-6-16(14)18/h3-6,13,15,17,19H,7-12H2,1-2H3. The Morgan fingerprint density at radius 1 is 1.33 bits per heavy atom. The van der Waals surface area contributed by atoms with E-state index >= 15 is 0 Å². The first-order valence-corrected chi connectivity index (χ1v) is 7.53. The molecule has 5 nitrogen and oxygen atoms in total. The molecular formula is C16H26N2O3. The molecule has 118 valence electrons. The van der Waals surface area contributed by atoms with Gasteiger partial charge < -0.3 is 24.8 Å². The molecular weight excluding hydrogens is 268 g/mol.